The lowest BCUT2D eigenvalue weighted by atomic mass is 10.0. The SMILES string of the molecule is CN(C)OC(=O)[C@H]1CCCNC1. The van der Waals surface area contributed by atoms with E-state index >= 15 is 0 Å². The summed E-state index contributed by atoms with van der Waals surface area (Å²) in [7, 11) is 3.43. The number of nitrogens with zero attached hydrogens (tertiary/aromatic N) is 1. The first-order valence-electron chi connectivity index (χ1n) is 4.30. The van der Waals surface area contributed by atoms with Gasteiger partial charge in [-0.05, 0) is 19.4 Å². The number of hydroxylamine groups is 2. The van der Waals surface area contributed by atoms with Gasteiger partial charge in [0.15, 0.2) is 0 Å². The van der Waals surface area contributed by atoms with E-state index in [9.17, 15) is 4.79 Å². The maximum absolute atomic E-state index is 11.3. The topological polar surface area (TPSA) is 41.6 Å². The molecular weight excluding hydrogens is 156 g/mol. The lowest BCUT2D eigenvalue weighted by Crippen LogP contribution is -2.37. The van der Waals surface area contributed by atoms with Gasteiger partial charge >= 0.3 is 5.97 Å². The number of rotatable bonds is 2. The van der Waals surface area contributed by atoms with Gasteiger partial charge in [-0.15, -0.1) is 5.06 Å². The number of carbonyl (C=O) groups excluding carboxylic acids is 1. The molecule has 1 atom stereocenters. The molecule has 0 aromatic heterocycles. The van der Waals surface area contributed by atoms with E-state index in [4.69, 9.17) is 4.84 Å². The van der Waals surface area contributed by atoms with Gasteiger partial charge in [0, 0.05) is 20.6 Å². The fourth-order valence-corrected chi connectivity index (χ4v) is 1.31. The summed E-state index contributed by atoms with van der Waals surface area (Å²) in [6.07, 6.45) is 2.01. The van der Waals surface area contributed by atoms with Crippen molar-refractivity contribution in [1.29, 1.82) is 0 Å². The summed E-state index contributed by atoms with van der Waals surface area (Å²) in [5, 5.41) is 4.61. The van der Waals surface area contributed by atoms with Crippen molar-refractivity contribution < 1.29 is 9.63 Å². The zero-order valence-electron chi connectivity index (χ0n) is 7.67. The van der Waals surface area contributed by atoms with Gasteiger partial charge in [-0.2, -0.15) is 0 Å². The first-order valence-corrected chi connectivity index (χ1v) is 4.30. The second-order valence-electron chi connectivity index (χ2n) is 3.27. The standard InChI is InChI=1S/C8H16N2O2/c1-10(2)12-8(11)7-4-3-5-9-6-7/h7,9H,3-6H2,1-2H3/t7-/m0/s1. The first kappa shape index (κ1) is 9.48. The fraction of sp³-hybridized carbons (Fsp3) is 0.875. The van der Waals surface area contributed by atoms with Gasteiger partial charge in [0.05, 0.1) is 5.92 Å². The van der Waals surface area contributed by atoms with Crippen LogP contribution in [0.4, 0.5) is 0 Å². The Morgan fingerprint density at radius 1 is 1.58 bits per heavy atom. The minimum atomic E-state index is -0.118. The van der Waals surface area contributed by atoms with Crippen LogP contribution in [-0.2, 0) is 9.63 Å². The zero-order chi connectivity index (χ0) is 8.97. The summed E-state index contributed by atoms with van der Waals surface area (Å²) in [4.78, 5) is 16.2. The molecule has 1 aliphatic rings. The van der Waals surface area contributed by atoms with Crippen molar-refractivity contribution in [3.05, 3.63) is 0 Å². The van der Waals surface area contributed by atoms with Crippen LogP contribution in [0.2, 0.25) is 0 Å². The van der Waals surface area contributed by atoms with Crippen LogP contribution in [0.5, 0.6) is 0 Å². The van der Waals surface area contributed by atoms with Crippen LogP contribution in [0.1, 0.15) is 12.8 Å². The Morgan fingerprint density at radius 3 is 2.83 bits per heavy atom. The lowest BCUT2D eigenvalue weighted by Gasteiger charge is -2.22. The first-order chi connectivity index (χ1) is 5.70. The number of hydrogen-bond donors (Lipinski definition) is 1. The predicted molar refractivity (Wildman–Crippen MR) is 45.4 cm³/mol. The molecule has 1 rings (SSSR count). The molecule has 1 aliphatic heterocycles. The van der Waals surface area contributed by atoms with Crippen molar-refractivity contribution in [2.24, 2.45) is 5.92 Å². The minimum absolute atomic E-state index is 0.0427. The molecule has 0 spiro atoms. The molecule has 1 saturated heterocycles. The smallest absolute Gasteiger partial charge is 0.329 e. The van der Waals surface area contributed by atoms with Gasteiger partial charge in [0.2, 0.25) is 0 Å². The molecule has 0 bridgehead atoms. The highest BCUT2D eigenvalue weighted by Gasteiger charge is 2.22. The molecule has 1 N–H and O–H groups in total. The van der Waals surface area contributed by atoms with Crippen LogP contribution >= 0.6 is 0 Å². The Hall–Kier alpha value is -0.610. The molecule has 1 fully saturated rings. The molecule has 0 aromatic carbocycles. The Bertz CT molecular complexity index is 153. The number of piperidine rings is 1. The molecule has 0 aromatic rings. The van der Waals surface area contributed by atoms with E-state index in [0.717, 1.165) is 25.9 Å². The quantitative estimate of drug-likeness (QED) is 0.596. The predicted octanol–water partition coefficient (Wildman–Crippen LogP) is 0.00580. The average Bonchev–Trinajstić information content (AvgIpc) is 2.05. The Morgan fingerprint density at radius 2 is 2.33 bits per heavy atom. The summed E-state index contributed by atoms with van der Waals surface area (Å²) >= 11 is 0. The van der Waals surface area contributed by atoms with Crippen LogP contribution in [-0.4, -0.2) is 38.2 Å². The lowest BCUT2D eigenvalue weighted by molar-refractivity contribution is -0.184. The van der Waals surface area contributed by atoms with E-state index in [1.54, 1.807) is 14.1 Å². The second kappa shape index (κ2) is 4.42. The maximum Gasteiger partial charge on any atom is 0.329 e. The number of hydrogen-bond acceptors (Lipinski definition) is 4. The highest BCUT2D eigenvalue weighted by Crippen LogP contribution is 2.11. The van der Waals surface area contributed by atoms with Crippen molar-refractivity contribution in [2.75, 3.05) is 27.2 Å². The summed E-state index contributed by atoms with van der Waals surface area (Å²) in [5.74, 6) is -0.0756. The maximum atomic E-state index is 11.3. The van der Waals surface area contributed by atoms with Gasteiger partial charge in [-0.3, -0.25) is 4.79 Å². The van der Waals surface area contributed by atoms with Crippen molar-refractivity contribution in [3.63, 3.8) is 0 Å². The van der Waals surface area contributed by atoms with E-state index in [2.05, 4.69) is 5.32 Å². The largest absolute Gasteiger partial charge is 0.368 e. The van der Waals surface area contributed by atoms with Gasteiger partial charge in [0.25, 0.3) is 0 Å². The molecule has 4 heteroatoms. The Kier molecular flexibility index (Phi) is 3.49. The third-order valence-electron chi connectivity index (χ3n) is 1.90. The molecule has 70 valence electrons. The van der Waals surface area contributed by atoms with Gasteiger partial charge in [-0.1, -0.05) is 0 Å². The van der Waals surface area contributed by atoms with E-state index in [1.807, 2.05) is 0 Å². The monoisotopic (exact) mass is 172 g/mol. The fourth-order valence-electron chi connectivity index (χ4n) is 1.31. The van der Waals surface area contributed by atoms with Gasteiger partial charge in [-0.25, -0.2) is 0 Å². The summed E-state index contributed by atoms with van der Waals surface area (Å²) in [6, 6.07) is 0. The Labute approximate surface area is 72.8 Å². The van der Waals surface area contributed by atoms with Crippen LogP contribution < -0.4 is 5.32 Å². The van der Waals surface area contributed by atoms with Crippen LogP contribution in [0.3, 0.4) is 0 Å². The molecule has 4 nitrogen and oxygen atoms in total. The average molecular weight is 172 g/mol. The van der Waals surface area contributed by atoms with Crippen molar-refractivity contribution in [2.45, 2.75) is 12.8 Å². The van der Waals surface area contributed by atoms with Crippen LogP contribution in [0.15, 0.2) is 0 Å². The molecule has 0 saturated carbocycles. The third kappa shape index (κ3) is 2.79. The summed E-state index contributed by atoms with van der Waals surface area (Å²) < 4.78 is 0. The molecule has 0 radical (unpaired) electrons. The van der Waals surface area contributed by atoms with E-state index in [0.29, 0.717) is 0 Å². The van der Waals surface area contributed by atoms with Crippen molar-refractivity contribution in [3.8, 4) is 0 Å². The van der Waals surface area contributed by atoms with Crippen LogP contribution in [0, 0.1) is 5.92 Å². The van der Waals surface area contributed by atoms with Crippen molar-refractivity contribution >= 4 is 5.97 Å². The third-order valence-corrected chi connectivity index (χ3v) is 1.90. The molecule has 0 aliphatic carbocycles. The highest BCUT2D eigenvalue weighted by molar-refractivity contribution is 5.72. The minimum Gasteiger partial charge on any atom is -0.368 e. The van der Waals surface area contributed by atoms with Crippen molar-refractivity contribution in [1.82, 2.24) is 10.4 Å². The Balaban J connectivity index is 2.30. The number of nitrogens with one attached hydrogen (secondary N) is 1. The van der Waals surface area contributed by atoms with Gasteiger partial charge in [0.1, 0.15) is 0 Å². The molecule has 0 unspecified atom stereocenters. The molecule has 1 heterocycles. The normalized spacial score (nSPS) is 24.1. The summed E-state index contributed by atoms with van der Waals surface area (Å²) in [6.45, 7) is 1.78. The van der Waals surface area contributed by atoms with Crippen LogP contribution in [0.25, 0.3) is 0 Å². The summed E-state index contributed by atoms with van der Waals surface area (Å²) in [5.41, 5.74) is 0. The molecule has 0 amide bonds. The van der Waals surface area contributed by atoms with E-state index < -0.39 is 0 Å². The van der Waals surface area contributed by atoms with E-state index in [-0.39, 0.29) is 11.9 Å². The zero-order valence-corrected chi connectivity index (χ0v) is 7.67. The highest BCUT2D eigenvalue weighted by atomic mass is 16.7. The molecular formula is C8H16N2O2. The number of carbonyl (C=O) groups is 1. The van der Waals surface area contributed by atoms with E-state index in [1.165, 1.54) is 5.06 Å². The van der Waals surface area contributed by atoms with Gasteiger partial charge < -0.3 is 10.2 Å². The second-order valence-corrected chi connectivity index (χ2v) is 3.27. The molecule has 12 heavy (non-hydrogen) atoms.